The largest absolute Gasteiger partial charge is 0.208 e. The lowest BCUT2D eigenvalue weighted by atomic mass is 10.3. The van der Waals surface area contributed by atoms with Gasteiger partial charge in [0.1, 0.15) is 0 Å². The summed E-state index contributed by atoms with van der Waals surface area (Å²) in [6.07, 6.45) is 7.95. The topological polar surface area (TPSA) is 0 Å². The van der Waals surface area contributed by atoms with Gasteiger partial charge in [-0.05, 0) is 48.1 Å². The molecule has 0 bridgehead atoms. The highest BCUT2D eigenvalue weighted by Crippen LogP contribution is 2.57. The summed E-state index contributed by atoms with van der Waals surface area (Å²) in [5.74, 6) is 2.83. The minimum Gasteiger partial charge on any atom is -0.208 e. The van der Waals surface area contributed by atoms with Gasteiger partial charge in [-0.2, -0.15) is 0 Å². The number of thiophene rings is 1. The van der Waals surface area contributed by atoms with Gasteiger partial charge in [-0.1, -0.05) is 44.9 Å². The quantitative estimate of drug-likeness (QED) is 0.562. The Balaban J connectivity index is 2.30. The first-order chi connectivity index (χ1) is 9.19. The molecule has 2 aromatic rings. The number of fused-ring (bicyclic) bond motifs is 1. The highest BCUT2D eigenvalue weighted by atomic mass is 32.3. The van der Waals surface area contributed by atoms with E-state index < -0.39 is 10.0 Å². The lowest BCUT2D eigenvalue weighted by molar-refractivity contribution is 0.869. The summed E-state index contributed by atoms with van der Waals surface area (Å²) in [6, 6.07) is 11.3. The Labute approximate surface area is 123 Å². The number of hydrogen-bond donors (Lipinski definition) is 0. The van der Waals surface area contributed by atoms with Crippen molar-refractivity contribution in [1.82, 2.24) is 0 Å². The molecule has 106 valence electrons. The monoisotopic (exact) mass is 294 g/mol. The Morgan fingerprint density at radius 3 is 2.21 bits per heavy atom. The predicted molar refractivity (Wildman–Crippen MR) is 93.2 cm³/mol. The van der Waals surface area contributed by atoms with E-state index in [1.807, 2.05) is 11.3 Å². The molecule has 0 spiro atoms. The molecule has 0 aliphatic rings. The maximum Gasteiger partial charge on any atom is 0.0439 e. The minimum atomic E-state index is -0.585. The zero-order valence-electron chi connectivity index (χ0n) is 12.4. The first-order valence-electron chi connectivity index (χ1n) is 7.42. The van der Waals surface area contributed by atoms with Crippen molar-refractivity contribution in [2.24, 2.45) is 0 Å². The standard InChI is InChI=1S/C17H26S2/c1-4-6-12-19(3,13-7-5-2)17-14-15-10-8-9-11-16(15)18-17/h8-11,14H,4-7,12-13H2,1-3H3. The van der Waals surface area contributed by atoms with Crippen LogP contribution < -0.4 is 0 Å². The maximum absolute atomic E-state index is 2.56. The Hall–Kier alpha value is -0.470. The van der Waals surface area contributed by atoms with Gasteiger partial charge in [0.2, 0.25) is 0 Å². The molecular weight excluding hydrogens is 268 g/mol. The lowest BCUT2D eigenvalue weighted by Crippen LogP contribution is -2.07. The van der Waals surface area contributed by atoms with E-state index in [1.54, 1.807) is 4.21 Å². The molecule has 0 saturated carbocycles. The second kappa shape index (κ2) is 6.81. The van der Waals surface area contributed by atoms with Gasteiger partial charge in [-0.15, -0.1) is 11.3 Å². The zero-order valence-corrected chi connectivity index (χ0v) is 14.1. The molecule has 0 saturated heterocycles. The third kappa shape index (κ3) is 3.55. The van der Waals surface area contributed by atoms with E-state index in [2.05, 4.69) is 50.4 Å². The molecule has 0 radical (unpaired) electrons. The predicted octanol–water partition coefficient (Wildman–Crippen LogP) is 6.29. The molecule has 2 rings (SSSR count). The summed E-state index contributed by atoms with van der Waals surface area (Å²) in [5, 5.41) is 1.44. The van der Waals surface area contributed by atoms with Crippen molar-refractivity contribution in [3.63, 3.8) is 0 Å². The van der Waals surface area contributed by atoms with Crippen LogP contribution in [-0.4, -0.2) is 17.8 Å². The van der Waals surface area contributed by atoms with Gasteiger partial charge in [0, 0.05) is 8.91 Å². The Morgan fingerprint density at radius 1 is 1.00 bits per heavy atom. The zero-order chi connectivity index (χ0) is 13.7. The lowest BCUT2D eigenvalue weighted by Gasteiger charge is -2.35. The normalized spacial score (nSPS) is 13.0. The molecule has 19 heavy (non-hydrogen) atoms. The third-order valence-electron chi connectivity index (χ3n) is 3.79. The summed E-state index contributed by atoms with van der Waals surface area (Å²) < 4.78 is 3.14. The fraction of sp³-hybridized carbons (Fsp3) is 0.529. The Bertz CT molecular complexity index is 472. The van der Waals surface area contributed by atoms with Gasteiger partial charge in [0.15, 0.2) is 0 Å². The number of benzene rings is 1. The van der Waals surface area contributed by atoms with Crippen LogP contribution in [0, 0.1) is 0 Å². The first kappa shape index (κ1) is 14.9. The third-order valence-corrected chi connectivity index (χ3v) is 9.62. The summed E-state index contributed by atoms with van der Waals surface area (Å²) in [7, 11) is -0.585. The van der Waals surface area contributed by atoms with Crippen LogP contribution in [0.2, 0.25) is 0 Å². The Kier molecular flexibility index (Phi) is 5.35. The van der Waals surface area contributed by atoms with E-state index in [0.29, 0.717) is 0 Å². The SMILES string of the molecule is CCCCS(C)(CCCC)c1cc2ccccc2s1. The van der Waals surface area contributed by atoms with E-state index in [0.717, 1.165) is 0 Å². The van der Waals surface area contributed by atoms with Gasteiger partial charge < -0.3 is 0 Å². The average molecular weight is 295 g/mol. The van der Waals surface area contributed by atoms with Crippen molar-refractivity contribution in [1.29, 1.82) is 0 Å². The second-order valence-corrected chi connectivity index (χ2v) is 10.6. The summed E-state index contributed by atoms with van der Waals surface area (Å²) in [4.78, 5) is 0. The molecule has 0 atom stereocenters. The molecule has 2 heteroatoms. The molecule has 0 N–H and O–H groups in total. The fourth-order valence-electron chi connectivity index (χ4n) is 2.43. The number of rotatable bonds is 7. The van der Waals surface area contributed by atoms with Crippen LogP contribution in [0.15, 0.2) is 34.5 Å². The van der Waals surface area contributed by atoms with Crippen molar-refractivity contribution in [3.8, 4) is 0 Å². The maximum atomic E-state index is 2.56. The van der Waals surface area contributed by atoms with Gasteiger partial charge in [0.25, 0.3) is 0 Å². The van der Waals surface area contributed by atoms with Crippen LogP contribution in [0.5, 0.6) is 0 Å². The van der Waals surface area contributed by atoms with Crippen LogP contribution in [0.25, 0.3) is 10.1 Å². The summed E-state index contributed by atoms with van der Waals surface area (Å²) in [6.45, 7) is 4.62. The van der Waals surface area contributed by atoms with Gasteiger partial charge >= 0.3 is 0 Å². The van der Waals surface area contributed by atoms with Crippen molar-refractivity contribution < 1.29 is 0 Å². The van der Waals surface area contributed by atoms with Crippen LogP contribution >= 0.6 is 21.4 Å². The molecule has 0 fully saturated rings. The van der Waals surface area contributed by atoms with E-state index in [4.69, 9.17) is 0 Å². The van der Waals surface area contributed by atoms with Crippen LogP contribution in [-0.2, 0) is 0 Å². The van der Waals surface area contributed by atoms with Crippen LogP contribution in [0.3, 0.4) is 0 Å². The van der Waals surface area contributed by atoms with Crippen molar-refractivity contribution >= 4 is 31.5 Å². The molecule has 1 heterocycles. The van der Waals surface area contributed by atoms with E-state index in [9.17, 15) is 0 Å². The smallest absolute Gasteiger partial charge is 0.0439 e. The fourth-order valence-corrected chi connectivity index (χ4v) is 7.67. The molecule has 0 amide bonds. The first-order valence-corrected chi connectivity index (χ1v) is 10.6. The summed E-state index contributed by atoms with van der Waals surface area (Å²) in [5.41, 5.74) is 0. The molecular formula is C17H26S2. The highest BCUT2D eigenvalue weighted by Gasteiger charge is 2.22. The van der Waals surface area contributed by atoms with Crippen LogP contribution in [0.1, 0.15) is 39.5 Å². The Morgan fingerprint density at radius 2 is 1.63 bits per heavy atom. The molecule has 1 aromatic heterocycles. The molecule has 1 aromatic carbocycles. The van der Waals surface area contributed by atoms with Crippen molar-refractivity contribution in [3.05, 3.63) is 30.3 Å². The van der Waals surface area contributed by atoms with Gasteiger partial charge in [-0.3, -0.25) is 0 Å². The van der Waals surface area contributed by atoms with Gasteiger partial charge in [-0.25, -0.2) is 10.0 Å². The number of hydrogen-bond acceptors (Lipinski definition) is 1. The summed E-state index contributed by atoms with van der Waals surface area (Å²) >= 11 is 2.04. The van der Waals surface area contributed by atoms with Crippen molar-refractivity contribution in [2.45, 2.75) is 43.7 Å². The van der Waals surface area contributed by atoms with E-state index in [1.165, 1.54) is 47.3 Å². The molecule has 0 nitrogen and oxygen atoms in total. The molecule has 0 aliphatic heterocycles. The number of unbranched alkanes of at least 4 members (excludes halogenated alkanes) is 2. The van der Waals surface area contributed by atoms with Crippen LogP contribution in [0.4, 0.5) is 0 Å². The minimum absolute atomic E-state index is 0.585. The second-order valence-electron chi connectivity index (χ2n) is 5.49. The van der Waals surface area contributed by atoms with Gasteiger partial charge in [0.05, 0.1) is 0 Å². The molecule has 0 aliphatic carbocycles. The highest BCUT2D eigenvalue weighted by molar-refractivity contribution is 8.34. The molecule has 0 unspecified atom stereocenters. The van der Waals surface area contributed by atoms with E-state index in [-0.39, 0.29) is 0 Å². The van der Waals surface area contributed by atoms with E-state index >= 15 is 0 Å². The average Bonchev–Trinajstić information content (AvgIpc) is 2.87. The van der Waals surface area contributed by atoms with Crippen molar-refractivity contribution in [2.75, 3.05) is 17.8 Å².